The van der Waals surface area contributed by atoms with Crippen molar-refractivity contribution >= 4 is 15.9 Å². The minimum atomic E-state index is 0.372. The molecule has 0 bridgehead atoms. The first-order valence-electron chi connectivity index (χ1n) is 5.47. The first-order valence-corrected chi connectivity index (χ1v) is 6.26. The van der Waals surface area contributed by atoms with Crippen LogP contribution in [0.2, 0.25) is 0 Å². The van der Waals surface area contributed by atoms with Crippen molar-refractivity contribution in [2.75, 3.05) is 13.7 Å². The van der Waals surface area contributed by atoms with Crippen LogP contribution in [0.5, 0.6) is 11.9 Å². The van der Waals surface area contributed by atoms with Gasteiger partial charge < -0.3 is 9.47 Å². The molecule has 0 fully saturated rings. The minimum Gasteiger partial charge on any atom is -0.480 e. The van der Waals surface area contributed by atoms with Gasteiger partial charge in [0.15, 0.2) is 0 Å². The Labute approximate surface area is 105 Å². The van der Waals surface area contributed by atoms with Gasteiger partial charge in [0.2, 0.25) is 5.88 Å². The van der Waals surface area contributed by atoms with Crippen LogP contribution < -0.4 is 9.47 Å². The molecule has 1 aromatic rings. The van der Waals surface area contributed by atoms with Gasteiger partial charge in [0, 0.05) is 0 Å². The maximum Gasteiger partial charge on any atom is 0.319 e. The third-order valence-corrected chi connectivity index (χ3v) is 2.66. The monoisotopic (exact) mass is 288 g/mol. The van der Waals surface area contributed by atoms with E-state index in [-0.39, 0.29) is 0 Å². The normalized spacial score (nSPS) is 10.2. The van der Waals surface area contributed by atoms with Crippen molar-refractivity contribution < 1.29 is 9.47 Å². The summed E-state index contributed by atoms with van der Waals surface area (Å²) < 4.78 is 11.2. The van der Waals surface area contributed by atoms with Crippen molar-refractivity contribution in [1.82, 2.24) is 9.97 Å². The van der Waals surface area contributed by atoms with Gasteiger partial charge in [-0.2, -0.15) is 4.98 Å². The van der Waals surface area contributed by atoms with E-state index in [1.54, 1.807) is 13.3 Å². The fourth-order valence-corrected chi connectivity index (χ4v) is 1.59. The summed E-state index contributed by atoms with van der Waals surface area (Å²) >= 11 is 3.29. The van der Waals surface area contributed by atoms with Gasteiger partial charge in [0.05, 0.1) is 24.4 Å². The fourth-order valence-electron chi connectivity index (χ4n) is 1.24. The van der Waals surface area contributed by atoms with Crippen LogP contribution in [0.4, 0.5) is 0 Å². The van der Waals surface area contributed by atoms with Crippen LogP contribution in [0.15, 0.2) is 10.7 Å². The van der Waals surface area contributed by atoms with Crippen LogP contribution in [0.25, 0.3) is 0 Å². The quantitative estimate of drug-likeness (QED) is 0.723. The number of unbranched alkanes of at least 4 members (excludes halogenated alkanes) is 3. The Kier molecular flexibility index (Phi) is 6.15. The van der Waals surface area contributed by atoms with E-state index < -0.39 is 0 Å². The van der Waals surface area contributed by atoms with Crippen LogP contribution in [-0.4, -0.2) is 23.7 Å². The molecule has 0 saturated heterocycles. The Balaban J connectivity index is 2.36. The summed E-state index contributed by atoms with van der Waals surface area (Å²) in [7, 11) is 1.57. The highest BCUT2D eigenvalue weighted by Gasteiger charge is 2.05. The van der Waals surface area contributed by atoms with Crippen LogP contribution in [-0.2, 0) is 0 Å². The molecule has 0 amide bonds. The van der Waals surface area contributed by atoms with E-state index in [0.717, 1.165) is 10.9 Å². The second kappa shape index (κ2) is 7.44. The Morgan fingerprint density at radius 2 is 2.12 bits per heavy atom. The predicted molar refractivity (Wildman–Crippen MR) is 65.9 cm³/mol. The zero-order chi connectivity index (χ0) is 11.8. The van der Waals surface area contributed by atoms with Gasteiger partial charge >= 0.3 is 6.01 Å². The molecule has 0 atom stereocenters. The highest BCUT2D eigenvalue weighted by Crippen LogP contribution is 2.22. The number of rotatable bonds is 7. The third kappa shape index (κ3) is 4.35. The molecule has 1 heterocycles. The minimum absolute atomic E-state index is 0.372. The molecule has 0 aromatic carbocycles. The Hall–Kier alpha value is -0.840. The number of hydrogen-bond acceptors (Lipinski definition) is 4. The SMILES string of the molecule is CCCCCCOc1ncc(Br)c(OC)n1. The van der Waals surface area contributed by atoms with E-state index in [4.69, 9.17) is 9.47 Å². The van der Waals surface area contributed by atoms with Gasteiger partial charge in [-0.3, -0.25) is 0 Å². The molecule has 0 spiro atoms. The summed E-state index contributed by atoms with van der Waals surface area (Å²) in [5.41, 5.74) is 0. The first-order chi connectivity index (χ1) is 7.77. The van der Waals surface area contributed by atoms with Gasteiger partial charge in [-0.05, 0) is 22.4 Å². The molecule has 1 aromatic heterocycles. The molecule has 90 valence electrons. The number of hydrogen-bond donors (Lipinski definition) is 0. The Morgan fingerprint density at radius 1 is 1.31 bits per heavy atom. The van der Waals surface area contributed by atoms with Gasteiger partial charge in [-0.15, -0.1) is 0 Å². The lowest BCUT2D eigenvalue weighted by atomic mass is 10.2. The average molecular weight is 289 g/mol. The van der Waals surface area contributed by atoms with E-state index in [2.05, 4.69) is 32.8 Å². The van der Waals surface area contributed by atoms with E-state index in [1.165, 1.54) is 19.3 Å². The zero-order valence-corrected chi connectivity index (χ0v) is 11.3. The third-order valence-electron chi connectivity index (χ3n) is 2.11. The number of halogens is 1. The maximum atomic E-state index is 5.43. The van der Waals surface area contributed by atoms with Crippen LogP contribution in [0.3, 0.4) is 0 Å². The Morgan fingerprint density at radius 3 is 2.81 bits per heavy atom. The predicted octanol–water partition coefficient (Wildman–Crippen LogP) is 3.21. The van der Waals surface area contributed by atoms with Gasteiger partial charge in [0.25, 0.3) is 0 Å². The molecule has 0 unspecified atom stereocenters. The van der Waals surface area contributed by atoms with E-state index in [0.29, 0.717) is 18.5 Å². The zero-order valence-electron chi connectivity index (χ0n) is 9.70. The van der Waals surface area contributed by atoms with Crippen molar-refractivity contribution in [2.24, 2.45) is 0 Å². The number of methoxy groups -OCH3 is 1. The van der Waals surface area contributed by atoms with Crippen molar-refractivity contribution in [3.05, 3.63) is 10.7 Å². The van der Waals surface area contributed by atoms with Crippen molar-refractivity contribution in [1.29, 1.82) is 0 Å². The second-order valence-electron chi connectivity index (χ2n) is 3.42. The van der Waals surface area contributed by atoms with Crippen LogP contribution in [0.1, 0.15) is 32.6 Å². The summed E-state index contributed by atoms with van der Waals surface area (Å²) in [6.45, 7) is 2.84. The molecule has 4 nitrogen and oxygen atoms in total. The molecule has 0 aliphatic rings. The largest absolute Gasteiger partial charge is 0.480 e. The second-order valence-corrected chi connectivity index (χ2v) is 4.27. The summed E-state index contributed by atoms with van der Waals surface area (Å²) in [4.78, 5) is 8.15. The fraction of sp³-hybridized carbons (Fsp3) is 0.636. The maximum absolute atomic E-state index is 5.43. The summed E-state index contributed by atoms with van der Waals surface area (Å²) in [5, 5.41) is 0. The van der Waals surface area contributed by atoms with E-state index in [1.807, 2.05) is 0 Å². The van der Waals surface area contributed by atoms with E-state index >= 15 is 0 Å². The first kappa shape index (κ1) is 13.2. The molecule has 5 heteroatoms. The lowest BCUT2D eigenvalue weighted by Crippen LogP contribution is -2.02. The van der Waals surface area contributed by atoms with Crippen molar-refractivity contribution in [3.63, 3.8) is 0 Å². The van der Waals surface area contributed by atoms with Gasteiger partial charge in [0.1, 0.15) is 0 Å². The van der Waals surface area contributed by atoms with Crippen LogP contribution in [0, 0.1) is 0 Å². The molecule has 0 N–H and O–H groups in total. The Bertz CT molecular complexity index is 321. The topological polar surface area (TPSA) is 44.2 Å². The standard InChI is InChI=1S/C11H17BrN2O2/c1-3-4-5-6-7-16-11-13-8-9(12)10(14-11)15-2/h8H,3-7H2,1-2H3. The lowest BCUT2D eigenvalue weighted by Gasteiger charge is -2.06. The molecule has 1 rings (SSSR count). The van der Waals surface area contributed by atoms with Crippen LogP contribution >= 0.6 is 15.9 Å². The molecular formula is C11H17BrN2O2. The van der Waals surface area contributed by atoms with Gasteiger partial charge in [-0.1, -0.05) is 26.2 Å². The van der Waals surface area contributed by atoms with Gasteiger partial charge in [-0.25, -0.2) is 4.98 Å². The number of nitrogens with zero attached hydrogens (tertiary/aromatic N) is 2. The summed E-state index contributed by atoms with van der Waals surface area (Å²) in [6.07, 6.45) is 6.32. The highest BCUT2D eigenvalue weighted by atomic mass is 79.9. The molecule has 16 heavy (non-hydrogen) atoms. The number of ether oxygens (including phenoxy) is 2. The number of aromatic nitrogens is 2. The molecule has 0 saturated carbocycles. The average Bonchev–Trinajstić information content (AvgIpc) is 2.31. The molecule has 0 aliphatic heterocycles. The summed E-state index contributed by atoms with van der Waals surface area (Å²) in [6, 6.07) is 0.372. The van der Waals surface area contributed by atoms with Crippen molar-refractivity contribution in [3.8, 4) is 11.9 Å². The van der Waals surface area contributed by atoms with E-state index in [9.17, 15) is 0 Å². The van der Waals surface area contributed by atoms with Crippen molar-refractivity contribution in [2.45, 2.75) is 32.6 Å². The lowest BCUT2D eigenvalue weighted by molar-refractivity contribution is 0.274. The smallest absolute Gasteiger partial charge is 0.319 e. The molecule has 0 aliphatic carbocycles. The molecule has 0 radical (unpaired) electrons. The molecular weight excluding hydrogens is 272 g/mol. The highest BCUT2D eigenvalue weighted by molar-refractivity contribution is 9.10. The summed E-state index contributed by atoms with van der Waals surface area (Å²) in [5.74, 6) is 0.499.